The molecule has 2 N–H and O–H groups in total. The van der Waals surface area contributed by atoms with Crippen molar-refractivity contribution in [2.24, 2.45) is 5.41 Å². The molecule has 2 aliphatic heterocycles. The third-order valence-corrected chi connectivity index (χ3v) is 9.37. The summed E-state index contributed by atoms with van der Waals surface area (Å²) in [7, 11) is 0. The smallest absolute Gasteiger partial charge is 0.407 e. The molecule has 0 aliphatic carbocycles. The van der Waals surface area contributed by atoms with Crippen LogP contribution in [0.25, 0.3) is 0 Å². The summed E-state index contributed by atoms with van der Waals surface area (Å²) in [6.45, 7) is 19.0. The fraction of sp³-hybridized carbons (Fsp3) is 0.526. The predicted molar refractivity (Wildman–Crippen MR) is 194 cm³/mol. The van der Waals surface area contributed by atoms with Gasteiger partial charge in [0.05, 0.1) is 17.1 Å². The number of aryl methyl sites for hydroxylation is 1. The van der Waals surface area contributed by atoms with Crippen LogP contribution in [-0.2, 0) is 6.42 Å². The number of amides is 3. The van der Waals surface area contributed by atoms with Crippen molar-refractivity contribution in [3.05, 3.63) is 84.7 Å². The Hall–Kier alpha value is -4.34. The highest BCUT2D eigenvalue weighted by atomic mass is 16.4. The van der Waals surface area contributed by atoms with Crippen molar-refractivity contribution in [1.29, 1.82) is 0 Å². The molecule has 4 heterocycles. The maximum Gasteiger partial charge on any atom is 0.407 e. The average Bonchev–Trinajstić information content (AvgIpc) is 3.04. The number of nitrogens with one attached hydrogen (secondary N) is 1. The molecule has 48 heavy (non-hydrogen) atoms. The monoisotopic (exact) mass is 657 g/mol. The van der Waals surface area contributed by atoms with Crippen LogP contribution in [-0.4, -0.2) is 93.4 Å². The van der Waals surface area contributed by atoms with Crippen LogP contribution in [0.2, 0.25) is 0 Å². The molecule has 10 nitrogen and oxygen atoms in total. The molecule has 0 radical (unpaired) electrons. The van der Waals surface area contributed by atoms with Gasteiger partial charge in [0.15, 0.2) is 0 Å². The lowest BCUT2D eigenvalue weighted by Gasteiger charge is -2.57. The summed E-state index contributed by atoms with van der Waals surface area (Å²) in [5.74, 6) is 1.89. The van der Waals surface area contributed by atoms with Gasteiger partial charge in [-0.2, -0.15) is 0 Å². The van der Waals surface area contributed by atoms with E-state index in [1.54, 1.807) is 6.20 Å². The number of pyridine rings is 2. The van der Waals surface area contributed by atoms with Gasteiger partial charge in [-0.05, 0) is 82.2 Å². The number of aromatic nitrogens is 2. The Balaban J connectivity index is 0.000000257. The normalized spacial score (nSPS) is 18.9. The molecule has 3 amide bonds. The second-order valence-corrected chi connectivity index (χ2v) is 15.0. The van der Waals surface area contributed by atoms with Gasteiger partial charge in [-0.25, -0.2) is 19.6 Å². The molecule has 0 saturated carbocycles. The largest absolute Gasteiger partial charge is 0.465 e. The van der Waals surface area contributed by atoms with Crippen molar-refractivity contribution in [3.63, 3.8) is 0 Å². The van der Waals surface area contributed by atoms with Crippen LogP contribution in [0.1, 0.15) is 66.9 Å². The van der Waals surface area contributed by atoms with Gasteiger partial charge in [-0.3, -0.25) is 4.90 Å². The van der Waals surface area contributed by atoms with Crippen molar-refractivity contribution in [2.45, 2.75) is 84.8 Å². The minimum absolute atomic E-state index is 0.0182. The minimum Gasteiger partial charge on any atom is -0.465 e. The number of benzene rings is 1. The van der Waals surface area contributed by atoms with Crippen molar-refractivity contribution in [2.75, 3.05) is 49.1 Å². The summed E-state index contributed by atoms with van der Waals surface area (Å²) in [5, 5.41) is 12.3. The summed E-state index contributed by atoms with van der Waals surface area (Å²) in [4.78, 5) is 41.2. The number of rotatable bonds is 7. The van der Waals surface area contributed by atoms with Gasteiger partial charge in [0, 0.05) is 51.7 Å². The predicted octanol–water partition coefficient (Wildman–Crippen LogP) is 6.79. The molecule has 1 aromatic carbocycles. The van der Waals surface area contributed by atoms with E-state index in [1.807, 2.05) is 61.3 Å². The summed E-state index contributed by atoms with van der Waals surface area (Å²) >= 11 is 0. The third kappa shape index (κ3) is 9.17. The molecule has 1 unspecified atom stereocenters. The van der Waals surface area contributed by atoms with Crippen molar-refractivity contribution >= 4 is 23.8 Å². The summed E-state index contributed by atoms with van der Waals surface area (Å²) in [5.41, 5.74) is 0.619. The highest BCUT2D eigenvalue weighted by Gasteiger charge is 2.50. The molecule has 2 aliphatic rings. The van der Waals surface area contributed by atoms with E-state index >= 15 is 0 Å². The highest BCUT2D eigenvalue weighted by Crippen LogP contribution is 2.40. The number of carboxylic acid groups (broad SMARTS) is 1. The zero-order valence-corrected chi connectivity index (χ0v) is 29.9. The van der Waals surface area contributed by atoms with Crippen molar-refractivity contribution < 1.29 is 14.7 Å². The average molecular weight is 658 g/mol. The van der Waals surface area contributed by atoms with E-state index in [2.05, 4.69) is 90.0 Å². The number of unbranched alkanes of at least 4 members (excludes halogenated alkanes) is 1. The molecule has 5 rings (SSSR count). The number of anilines is 2. The second kappa shape index (κ2) is 15.7. The summed E-state index contributed by atoms with van der Waals surface area (Å²) in [6, 6.07) is 22.5. The number of piperazine rings is 2. The summed E-state index contributed by atoms with van der Waals surface area (Å²) < 4.78 is 0. The molecule has 10 heteroatoms. The summed E-state index contributed by atoms with van der Waals surface area (Å²) in [6.07, 6.45) is 5.86. The van der Waals surface area contributed by atoms with E-state index in [4.69, 9.17) is 5.11 Å². The molecular weight excluding hydrogens is 602 g/mol. The number of carbonyl (C=O) groups is 2. The topological polar surface area (TPSA) is 105 Å². The quantitative estimate of drug-likeness (QED) is 0.270. The van der Waals surface area contributed by atoms with Gasteiger partial charge in [-0.1, -0.05) is 63.2 Å². The molecule has 260 valence electrons. The lowest BCUT2D eigenvalue weighted by molar-refractivity contribution is 0.0502. The first-order valence-electron chi connectivity index (χ1n) is 17.2. The van der Waals surface area contributed by atoms with E-state index < -0.39 is 6.09 Å². The molecule has 2 saturated heterocycles. The van der Waals surface area contributed by atoms with Gasteiger partial charge in [0.25, 0.3) is 0 Å². The standard InChI is InChI=1S/C26H38N4O.C12H17N3O2/c1-25(2,3)23-26(4,5)30(20-19-29(23)22-16-10-12-17-27-22)24(31)28-18-11-9-15-21-13-7-6-8-14-21;1-12(2)9-14(7-8-15(12)11(16)17)10-5-3-4-6-13-10/h6-8,10,12-14,16-17,23H,9,11,15,18-20H2,1-5H3,(H,28,31);3-6H,7-9H2,1-2H3,(H,16,17). The Morgan fingerprint density at radius 2 is 1.42 bits per heavy atom. The van der Waals surface area contributed by atoms with E-state index in [9.17, 15) is 9.59 Å². The van der Waals surface area contributed by atoms with E-state index in [0.29, 0.717) is 32.7 Å². The molecular formula is C38H55N7O3. The van der Waals surface area contributed by atoms with Crippen LogP contribution in [0.15, 0.2) is 79.1 Å². The fourth-order valence-corrected chi connectivity index (χ4v) is 7.45. The van der Waals surface area contributed by atoms with Crippen LogP contribution >= 0.6 is 0 Å². The second-order valence-electron chi connectivity index (χ2n) is 15.0. The Bertz CT molecular complexity index is 1450. The van der Waals surface area contributed by atoms with Crippen molar-refractivity contribution in [1.82, 2.24) is 25.1 Å². The Morgan fingerprint density at radius 3 is 1.98 bits per heavy atom. The Labute approximate surface area is 287 Å². The van der Waals surface area contributed by atoms with Crippen LogP contribution in [0, 0.1) is 5.41 Å². The van der Waals surface area contributed by atoms with E-state index in [1.165, 1.54) is 10.5 Å². The molecule has 2 aromatic heterocycles. The van der Waals surface area contributed by atoms with Gasteiger partial charge in [0.2, 0.25) is 0 Å². The van der Waals surface area contributed by atoms with Crippen LogP contribution < -0.4 is 15.1 Å². The van der Waals surface area contributed by atoms with Gasteiger partial charge in [-0.15, -0.1) is 0 Å². The van der Waals surface area contributed by atoms with Crippen LogP contribution in [0.3, 0.4) is 0 Å². The lowest BCUT2D eigenvalue weighted by atomic mass is 9.72. The number of urea groups is 1. The van der Waals surface area contributed by atoms with Gasteiger partial charge >= 0.3 is 12.1 Å². The maximum absolute atomic E-state index is 13.1. The van der Waals surface area contributed by atoms with Crippen LogP contribution in [0.4, 0.5) is 21.2 Å². The fourth-order valence-electron chi connectivity index (χ4n) is 7.45. The SMILES string of the molecule is CC(C)(C)C1N(c2ccccn2)CCN(C(=O)NCCCCc2ccccc2)C1(C)C.CC1(C)CN(c2ccccn2)CCN1C(=O)O. The van der Waals surface area contributed by atoms with Crippen molar-refractivity contribution in [3.8, 4) is 0 Å². The number of hydrogen-bond acceptors (Lipinski definition) is 6. The molecule has 2 fully saturated rings. The Morgan fingerprint density at radius 1 is 0.812 bits per heavy atom. The zero-order valence-electron chi connectivity index (χ0n) is 29.9. The lowest BCUT2D eigenvalue weighted by Crippen LogP contribution is -2.71. The number of hydrogen-bond donors (Lipinski definition) is 2. The zero-order chi connectivity index (χ0) is 35.0. The Kier molecular flexibility index (Phi) is 11.9. The first kappa shape index (κ1) is 36.5. The maximum atomic E-state index is 13.1. The van der Waals surface area contributed by atoms with E-state index in [-0.39, 0.29) is 28.6 Å². The van der Waals surface area contributed by atoms with Gasteiger partial charge < -0.3 is 25.1 Å². The van der Waals surface area contributed by atoms with Crippen LogP contribution in [0.5, 0.6) is 0 Å². The molecule has 1 atom stereocenters. The molecule has 3 aromatic rings. The number of carbonyl (C=O) groups excluding carboxylic acids is 1. The minimum atomic E-state index is -0.851. The molecule has 0 bridgehead atoms. The first-order valence-corrected chi connectivity index (χ1v) is 17.2. The molecule has 0 spiro atoms. The third-order valence-electron chi connectivity index (χ3n) is 9.37. The van der Waals surface area contributed by atoms with Gasteiger partial charge in [0.1, 0.15) is 11.6 Å². The highest BCUT2D eigenvalue weighted by molar-refractivity contribution is 5.76. The first-order chi connectivity index (χ1) is 22.7. The van der Waals surface area contributed by atoms with E-state index in [0.717, 1.165) is 37.4 Å². The number of nitrogens with zero attached hydrogens (tertiary/aromatic N) is 6.